The minimum atomic E-state index is -0.334. The quantitative estimate of drug-likeness (QED) is 0.799. The molecule has 0 aliphatic carbocycles. The van der Waals surface area contributed by atoms with Gasteiger partial charge >= 0.3 is 0 Å². The first kappa shape index (κ1) is 17.5. The van der Waals surface area contributed by atoms with E-state index in [0.717, 1.165) is 19.4 Å². The average molecular weight is 312 g/mol. The van der Waals surface area contributed by atoms with E-state index in [1.165, 1.54) is 0 Å². The van der Waals surface area contributed by atoms with Crippen LogP contribution in [0.3, 0.4) is 0 Å². The van der Waals surface area contributed by atoms with Crippen molar-refractivity contribution in [2.24, 2.45) is 0 Å². The number of rotatable bonds is 5. The summed E-state index contributed by atoms with van der Waals surface area (Å²) in [5.74, 6) is -0.112. The molecule has 5 nitrogen and oxygen atoms in total. The van der Waals surface area contributed by atoms with Crippen LogP contribution in [-0.2, 0) is 4.79 Å². The maximum atomic E-state index is 12.4. The van der Waals surface area contributed by atoms with Crippen LogP contribution >= 0.6 is 12.4 Å². The fourth-order valence-electron chi connectivity index (χ4n) is 2.46. The molecular formula is C15H22ClN3O2. The Morgan fingerprint density at radius 3 is 2.62 bits per heavy atom. The van der Waals surface area contributed by atoms with Gasteiger partial charge in [-0.1, -0.05) is 18.2 Å². The van der Waals surface area contributed by atoms with Crippen LogP contribution in [0, 0.1) is 0 Å². The smallest absolute Gasteiger partial charge is 0.254 e. The molecule has 0 spiro atoms. The maximum absolute atomic E-state index is 12.4. The van der Waals surface area contributed by atoms with Gasteiger partial charge in [-0.05, 0) is 32.0 Å². The number of benzene rings is 1. The summed E-state index contributed by atoms with van der Waals surface area (Å²) in [7, 11) is 1.84. The largest absolute Gasteiger partial charge is 0.353 e. The summed E-state index contributed by atoms with van der Waals surface area (Å²) in [5.41, 5.74) is 0.641. The number of carbonyl (C=O) groups excluding carboxylic acids is 2. The van der Waals surface area contributed by atoms with Gasteiger partial charge < -0.3 is 15.5 Å². The van der Waals surface area contributed by atoms with E-state index in [1.807, 2.05) is 25.2 Å². The Kier molecular flexibility index (Phi) is 7.19. The van der Waals surface area contributed by atoms with E-state index in [-0.39, 0.29) is 30.3 Å². The lowest BCUT2D eigenvalue weighted by atomic mass is 10.1. The highest BCUT2D eigenvalue weighted by Crippen LogP contribution is 2.20. The SMILES string of the molecule is CNCCNC(=O)C1CCCN1C(=O)c1ccccc1.Cl. The third-order valence-corrected chi connectivity index (χ3v) is 3.51. The third-order valence-electron chi connectivity index (χ3n) is 3.51. The van der Waals surface area contributed by atoms with E-state index in [2.05, 4.69) is 10.6 Å². The predicted molar refractivity (Wildman–Crippen MR) is 84.7 cm³/mol. The van der Waals surface area contributed by atoms with Crippen LogP contribution in [0.5, 0.6) is 0 Å². The van der Waals surface area contributed by atoms with Gasteiger partial charge in [0, 0.05) is 25.2 Å². The molecule has 116 valence electrons. The highest BCUT2D eigenvalue weighted by atomic mass is 35.5. The second kappa shape index (κ2) is 8.64. The fourth-order valence-corrected chi connectivity index (χ4v) is 2.46. The van der Waals surface area contributed by atoms with Crippen LogP contribution in [-0.4, -0.2) is 49.4 Å². The molecule has 0 radical (unpaired) electrons. The van der Waals surface area contributed by atoms with E-state index in [0.29, 0.717) is 18.7 Å². The molecule has 1 saturated heterocycles. The van der Waals surface area contributed by atoms with Gasteiger partial charge in [0.15, 0.2) is 0 Å². The molecule has 2 amide bonds. The highest BCUT2D eigenvalue weighted by Gasteiger charge is 2.34. The van der Waals surface area contributed by atoms with Crippen molar-refractivity contribution in [3.05, 3.63) is 35.9 Å². The molecule has 0 bridgehead atoms. The number of nitrogens with one attached hydrogen (secondary N) is 2. The van der Waals surface area contributed by atoms with Crippen molar-refractivity contribution in [3.63, 3.8) is 0 Å². The van der Waals surface area contributed by atoms with Gasteiger partial charge in [0.1, 0.15) is 6.04 Å². The van der Waals surface area contributed by atoms with E-state index >= 15 is 0 Å². The maximum Gasteiger partial charge on any atom is 0.254 e. The third kappa shape index (κ3) is 4.44. The number of amides is 2. The zero-order valence-corrected chi connectivity index (χ0v) is 13.0. The molecule has 2 N–H and O–H groups in total. The van der Waals surface area contributed by atoms with E-state index in [4.69, 9.17) is 0 Å². The molecule has 1 atom stereocenters. The summed E-state index contributed by atoms with van der Waals surface area (Å²) >= 11 is 0. The molecule has 6 heteroatoms. The zero-order chi connectivity index (χ0) is 14.4. The topological polar surface area (TPSA) is 61.4 Å². The van der Waals surface area contributed by atoms with Gasteiger partial charge in [0.05, 0.1) is 0 Å². The normalized spacial score (nSPS) is 17.2. The summed E-state index contributed by atoms with van der Waals surface area (Å²) < 4.78 is 0. The Bertz CT molecular complexity index is 467. The summed E-state index contributed by atoms with van der Waals surface area (Å²) in [6, 6.07) is 8.80. The number of nitrogens with zero attached hydrogens (tertiary/aromatic N) is 1. The Balaban J connectivity index is 0.00000220. The molecule has 1 aliphatic heterocycles. The van der Waals surface area contributed by atoms with Crippen molar-refractivity contribution in [1.29, 1.82) is 0 Å². The van der Waals surface area contributed by atoms with E-state index < -0.39 is 0 Å². The second-order valence-electron chi connectivity index (χ2n) is 4.92. The first-order valence-corrected chi connectivity index (χ1v) is 7.02. The van der Waals surface area contributed by atoms with Crippen molar-refractivity contribution in [3.8, 4) is 0 Å². The first-order chi connectivity index (χ1) is 9.74. The number of carbonyl (C=O) groups is 2. The molecule has 1 fully saturated rings. The molecule has 0 saturated carbocycles. The van der Waals surface area contributed by atoms with Gasteiger partial charge in [0.25, 0.3) is 5.91 Å². The lowest BCUT2D eigenvalue weighted by Crippen LogP contribution is -2.47. The van der Waals surface area contributed by atoms with Crippen molar-refractivity contribution in [2.45, 2.75) is 18.9 Å². The van der Waals surface area contributed by atoms with Crippen LogP contribution in [0.1, 0.15) is 23.2 Å². The van der Waals surface area contributed by atoms with Gasteiger partial charge in [-0.15, -0.1) is 12.4 Å². The summed E-state index contributed by atoms with van der Waals surface area (Å²) in [4.78, 5) is 26.2. The Labute approximate surface area is 131 Å². The van der Waals surface area contributed by atoms with Crippen molar-refractivity contribution in [1.82, 2.24) is 15.5 Å². The summed E-state index contributed by atoms with van der Waals surface area (Å²) in [5, 5.41) is 5.84. The van der Waals surface area contributed by atoms with Gasteiger partial charge in [-0.3, -0.25) is 9.59 Å². The molecule has 1 aromatic rings. The Morgan fingerprint density at radius 1 is 1.24 bits per heavy atom. The van der Waals surface area contributed by atoms with Crippen LogP contribution < -0.4 is 10.6 Å². The molecule has 2 rings (SSSR count). The second-order valence-corrected chi connectivity index (χ2v) is 4.92. The molecular weight excluding hydrogens is 290 g/mol. The molecule has 1 heterocycles. The molecule has 1 aliphatic rings. The van der Waals surface area contributed by atoms with E-state index in [9.17, 15) is 9.59 Å². The number of hydrogen-bond acceptors (Lipinski definition) is 3. The molecule has 1 aromatic carbocycles. The first-order valence-electron chi connectivity index (χ1n) is 7.02. The van der Waals surface area contributed by atoms with E-state index in [1.54, 1.807) is 17.0 Å². The summed E-state index contributed by atoms with van der Waals surface area (Å²) in [6.07, 6.45) is 1.62. The van der Waals surface area contributed by atoms with Crippen molar-refractivity contribution < 1.29 is 9.59 Å². The predicted octanol–water partition coefficient (Wildman–Crippen LogP) is 1.05. The monoisotopic (exact) mass is 311 g/mol. The minimum Gasteiger partial charge on any atom is -0.353 e. The number of hydrogen-bond donors (Lipinski definition) is 2. The lowest BCUT2D eigenvalue weighted by molar-refractivity contribution is -0.124. The van der Waals surface area contributed by atoms with Crippen LogP contribution in [0.25, 0.3) is 0 Å². The number of likely N-dealkylation sites (N-methyl/N-ethyl adjacent to an activating group) is 1. The van der Waals surface area contributed by atoms with Crippen LogP contribution in [0.4, 0.5) is 0 Å². The Hall–Kier alpha value is -1.59. The van der Waals surface area contributed by atoms with Crippen LogP contribution in [0.2, 0.25) is 0 Å². The van der Waals surface area contributed by atoms with Gasteiger partial charge in [-0.25, -0.2) is 0 Å². The van der Waals surface area contributed by atoms with Crippen molar-refractivity contribution >= 4 is 24.2 Å². The Morgan fingerprint density at radius 2 is 1.95 bits per heavy atom. The fraction of sp³-hybridized carbons (Fsp3) is 0.467. The minimum absolute atomic E-state index is 0. The molecule has 1 unspecified atom stereocenters. The zero-order valence-electron chi connectivity index (χ0n) is 12.2. The number of halogens is 1. The average Bonchev–Trinajstić information content (AvgIpc) is 2.97. The van der Waals surface area contributed by atoms with Crippen LogP contribution in [0.15, 0.2) is 30.3 Å². The molecule has 21 heavy (non-hydrogen) atoms. The lowest BCUT2D eigenvalue weighted by Gasteiger charge is -2.24. The standard InChI is InChI=1S/C15H21N3O2.ClH/c1-16-9-10-17-14(19)13-8-5-11-18(13)15(20)12-6-3-2-4-7-12;/h2-4,6-7,13,16H,5,8-11H2,1H3,(H,17,19);1H. The number of likely N-dealkylation sites (tertiary alicyclic amines) is 1. The summed E-state index contributed by atoms with van der Waals surface area (Å²) in [6.45, 7) is 1.96. The van der Waals surface area contributed by atoms with Gasteiger partial charge in [0.2, 0.25) is 5.91 Å². The van der Waals surface area contributed by atoms with Crippen molar-refractivity contribution in [2.75, 3.05) is 26.7 Å². The molecule has 0 aromatic heterocycles. The highest BCUT2D eigenvalue weighted by molar-refractivity contribution is 5.97. The van der Waals surface area contributed by atoms with Gasteiger partial charge in [-0.2, -0.15) is 0 Å².